The van der Waals surface area contributed by atoms with Crippen LogP contribution in [0.3, 0.4) is 0 Å². The molecule has 0 aromatic heterocycles. The summed E-state index contributed by atoms with van der Waals surface area (Å²) >= 11 is 5.93. The number of hydrogen-bond acceptors (Lipinski definition) is 4. The zero-order valence-electron chi connectivity index (χ0n) is 22.9. The molecule has 1 unspecified atom stereocenters. The number of hydrogen-bond donors (Lipinski definition) is 1. The van der Waals surface area contributed by atoms with Crippen molar-refractivity contribution < 1.29 is 22.4 Å². The number of anilines is 1. The number of carbonyl (C=O) groups excluding carboxylic acids is 2. The van der Waals surface area contributed by atoms with E-state index in [1.54, 1.807) is 0 Å². The molecular formula is C30H35ClFN3O4S. The highest BCUT2D eigenvalue weighted by Gasteiger charge is 2.33. The van der Waals surface area contributed by atoms with Gasteiger partial charge in [0.1, 0.15) is 18.4 Å². The smallest absolute Gasteiger partial charge is 0.244 e. The third kappa shape index (κ3) is 8.79. The van der Waals surface area contributed by atoms with Crippen molar-refractivity contribution >= 4 is 39.1 Å². The maximum Gasteiger partial charge on any atom is 0.244 e. The van der Waals surface area contributed by atoms with E-state index in [9.17, 15) is 22.4 Å². The number of aryl methyl sites for hydroxylation is 1. The molecule has 2 amide bonds. The lowest BCUT2D eigenvalue weighted by molar-refractivity contribution is -0.140. The molecule has 214 valence electrons. The number of rotatable bonds is 13. The highest BCUT2D eigenvalue weighted by atomic mass is 35.5. The van der Waals surface area contributed by atoms with Gasteiger partial charge in [-0.05, 0) is 42.7 Å². The van der Waals surface area contributed by atoms with E-state index in [0.717, 1.165) is 52.2 Å². The molecule has 7 nitrogen and oxygen atoms in total. The molecule has 0 spiro atoms. The van der Waals surface area contributed by atoms with E-state index < -0.39 is 34.3 Å². The molecule has 0 radical (unpaired) electrons. The van der Waals surface area contributed by atoms with Crippen LogP contribution in [-0.4, -0.2) is 50.5 Å². The number of sulfonamides is 1. The minimum Gasteiger partial charge on any atom is -0.354 e. The van der Waals surface area contributed by atoms with Crippen LogP contribution in [0.4, 0.5) is 10.1 Å². The lowest BCUT2D eigenvalue weighted by Gasteiger charge is -2.33. The van der Waals surface area contributed by atoms with Crippen LogP contribution in [0, 0.1) is 12.7 Å². The number of halogens is 2. The van der Waals surface area contributed by atoms with Crippen LogP contribution >= 0.6 is 11.6 Å². The average Bonchev–Trinajstić information content (AvgIpc) is 2.92. The first kappa shape index (κ1) is 31.1. The second kappa shape index (κ2) is 14.3. The predicted molar refractivity (Wildman–Crippen MR) is 157 cm³/mol. The van der Waals surface area contributed by atoms with E-state index in [-0.39, 0.29) is 29.6 Å². The summed E-state index contributed by atoms with van der Waals surface area (Å²) in [5.41, 5.74) is 2.72. The Bertz CT molecular complexity index is 1400. The lowest BCUT2D eigenvalue weighted by Crippen LogP contribution is -2.53. The van der Waals surface area contributed by atoms with Crippen LogP contribution in [-0.2, 0) is 32.6 Å². The van der Waals surface area contributed by atoms with Gasteiger partial charge < -0.3 is 10.2 Å². The first-order chi connectivity index (χ1) is 19.0. The average molecular weight is 588 g/mol. The molecule has 0 heterocycles. The molecule has 0 aliphatic heterocycles. The summed E-state index contributed by atoms with van der Waals surface area (Å²) in [6, 6.07) is 19.5. The van der Waals surface area contributed by atoms with Gasteiger partial charge in [0.15, 0.2) is 0 Å². The first-order valence-electron chi connectivity index (χ1n) is 13.1. The molecule has 3 aromatic carbocycles. The molecule has 3 aromatic rings. The Morgan fingerprint density at radius 3 is 2.27 bits per heavy atom. The fraction of sp³-hybridized carbons (Fsp3) is 0.333. The Labute approximate surface area is 241 Å². The number of unbranched alkanes of at least 4 members (excludes halogenated alkanes) is 1. The van der Waals surface area contributed by atoms with Gasteiger partial charge in [0.2, 0.25) is 21.8 Å². The third-order valence-electron chi connectivity index (χ3n) is 6.44. The van der Waals surface area contributed by atoms with Crippen molar-refractivity contribution in [2.45, 2.75) is 45.7 Å². The van der Waals surface area contributed by atoms with E-state index in [1.807, 2.05) is 68.4 Å². The summed E-state index contributed by atoms with van der Waals surface area (Å²) in [6.45, 7) is 3.91. The maximum atomic E-state index is 14.0. The van der Waals surface area contributed by atoms with E-state index in [4.69, 9.17) is 11.6 Å². The maximum absolute atomic E-state index is 14.0. The molecule has 40 heavy (non-hydrogen) atoms. The highest BCUT2D eigenvalue weighted by Crippen LogP contribution is 2.25. The van der Waals surface area contributed by atoms with Crippen molar-refractivity contribution in [3.63, 3.8) is 0 Å². The lowest BCUT2D eigenvalue weighted by atomic mass is 10.0. The molecular weight excluding hydrogens is 553 g/mol. The zero-order chi connectivity index (χ0) is 29.3. The van der Waals surface area contributed by atoms with Gasteiger partial charge in [-0.1, -0.05) is 85.1 Å². The molecule has 1 atom stereocenters. The van der Waals surface area contributed by atoms with Crippen LogP contribution in [0.5, 0.6) is 0 Å². The van der Waals surface area contributed by atoms with Crippen LogP contribution in [0.1, 0.15) is 36.5 Å². The van der Waals surface area contributed by atoms with Gasteiger partial charge in [-0.15, -0.1) is 0 Å². The van der Waals surface area contributed by atoms with Crippen LogP contribution in [0.25, 0.3) is 0 Å². The molecule has 0 fully saturated rings. The quantitative estimate of drug-likeness (QED) is 0.282. The van der Waals surface area contributed by atoms with E-state index in [2.05, 4.69) is 5.32 Å². The van der Waals surface area contributed by atoms with Crippen LogP contribution in [0.2, 0.25) is 5.02 Å². The Morgan fingerprint density at radius 2 is 1.68 bits per heavy atom. The summed E-state index contributed by atoms with van der Waals surface area (Å²) in [5, 5.41) is 2.67. The fourth-order valence-electron chi connectivity index (χ4n) is 4.20. The van der Waals surface area contributed by atoms with Crippen molar-refractivity contribution in [2.24, 2.45) is 0 Å². The first-order valence-corrected chi connectivity index (χ1v) is 15.3. The summed E-state index contributed by atoms with van der Waals surface area (Å²) in [7, 11) is -3.97. The standard InChI is InChI=1S/C30H35ClFN3O4S/c1-4-5-17-33-30(37)28(18-23-9-7-6-8-10-23)34(20-24-13-11-22(2)12-14-24)29(36)21-35(40(3,38)39)25-15-16-27(32)26(31)19-25/h6-16,19,28H,4-5,17-18,20-21H2,1-3H3,(H,33,37). The van der Waals surface area contributed by atoms with E-state index in [0.29, 0.717) is 6.54 Å². The summed E-state index contributed by atoms with van der Waals surface area (Å²) < 4.78 is 40.3. The van der Waals surface area contributed by atoms with Gasteiger partial charge in [-0.2, -0.15) is 0 Å². The van der Waals surface area contributed by atoms with Gasteiger partial charge in [-0.25, -0.2) is 12.8 Å². The molecule has 0 aliphatic carbocycles. The Balaban J connectivity index is 2.03. The monoisotopic (exact) mass is 587 g/mol. The zero-order valence-corrected chi connectivity index (χ0v) is 24.5. The van der Waals surface area contributed by atoms with Crippen molar-refractivity contribution in [1.82, 2.24) is 10.2 Å². The van der Waals surface area contributed by atoms with Crippen molar-refractivity contribution in [3.8, 4) is 0 Å². The van der Waals surface area contributed by atoms with Gasteiger partial charge in [0.25, 0.3) is 0 Å². The fourth-order valence-corrected chi connectivity index (χ4v) is 5.22. The van der Waals surface area contributed by atoms with Crippen molar-refractivity contribution in [3.05, 3.63) is 100 Å². The summed E-state index contributed by atoms with van der Waals surface area (Å²) in [5.74, 6) is -1.62. The second-order valence-electron chi connectivity index (χ2n) is 9.73. The minimum absolute atomic E-state index is 0.0459. The van der Waals surface area contributed by atoms with E-state index in [1.165, 1.54) is 11.0 Å². The Morgan fingerprint density at radius 1 is 1.00 bits per heavy atom. The Hall–Kier alpha value is -3.43. The van der Waals surface area contributed by atoms with Crippen molar-refractivity contribution in [2.75, 3.05) is 23.7 Å². The number of carbonyl (C=O) groups is 2. The molecule has 0 saturated heterocycles. The molecule has 3 rings (SSSR count). The number of nitrogens with one attached hydrogen (secondary N) is 1. The predicted octanol–water partition coefficient (Wildman–Crippen LogP) is 5.11. The largest absolute Gasteiger partial charge is 0.354 e. The van der Waals surface area contributed by atoms with Gasteiger partial charge in [0, 0.05) is 19.5 Å². The molecule has 0 aliphatic rings. The van der Waals surface area contributed by atoms with Crippen LogP contribution < -0.4 is 9.62 Å². The minimum atomic E-state index is -3.97. The van der Waals surface area contributed by atoms with Gasteiger partial charge >= 0.3 is 0 Å². The number of nitrogens with zero attached hydrogens (tertiary/aromatic N) is 2. The molecule has 0 bridgehead atoms. The summed E-state index contributed by atoms with van der Waals surface area (Å²) in [6.07, 6.45) is 2.86. The van der Waals surface area contributed by atoms with Gasteiger partial charge in [-0.3, -0.25) is 13.9 Å². The van der Waals surface area contributed by atoms with Crippen molar-refractivity contribution in [1.29, 1.82) is 0 Å². The molecule has 10 heteroatoms. The van der Waals surface area contributed by atoms with E-state index >= 15 is 0 Å². The van der Waals surface area contributed by atoms with Crippen LogP contribution in [0.15, 0.2) is 72.8 Å². The normalized spacial score (nSPS) is 12.0. The third-order valence-corrected chi connectivity index (χ3v) is 7.87. The topological polar surface area (TPSA) is 86.8 Å². The number of amides is 2. The Kier molecular flexibility index (Phi) is 11.1. The number of benzene rings is 3. The summed E-state index contributed by atoms with van der Waals surface area (Å²) in [4.78, 5) is 29.0. The molecule has 0 saturated carbocycles. The molecule has 1 N–H and O–H groups in total. The van der Waals surface area contributed by atoms with Gasteiger partial charge in [0.05, 0.1) is 17.0 Å². The second-order valence-corrected chi connectivity index (χ2v) is 12.0. The highest BCUT2D eigenvalue weighted by molar-refractivity contribution is 7.92. The SMILES string of the molecule is CCCCNC(=O)C(Cc1ccccc1)N(Cc1ccc(C)cc1)C(=O)CN(c1ccc(F)c(Cl)c1)S(C)(=O)=O.